The van der Waals surface area contributed by atoms with Crippen molar-refractivity contribution in [2.45, 2.75) is 33.2 Å². The van der Waals surface area contributed by atoms with E-state index in [1.807, 2.05) is 0 Å². The molecule has 1 unspecified atom stereocenters. The number of aromatic amines is 1. The molecule has 0 aromatic carbocycles. The van der Waals surface area contributed by atoms with Crippen molar-refractivity contribution in [2.24, 2.45) is 0 Å². The van der Waals surface area contributed by atoms with E-state index >= 15 is 0 Å². The summed E-state index contributed by atoms with van der Waals surface area (Å²) >= 11 is 5.93. The summed E-state index contributed by atoms with van der Waals surface area (Å²) in [5.41, 5.74) is 0.682. The van der Waals surface area contributed by atoms with Crippen LogP contribution in [-0.4, -0.2) is 32.8 Å². The Kier molecular flexibility index (Phi) is 3.47. The summed E-state index contributed by atoms with van der Waals surface area (Å²) in [6.45, 7) is 7.31. The molecule has 0 amide bonds. The normalized spacial score (nSPS) is 12.9. The maximum atomic E-state index is 5.93. The Hall–Kier alpha value is -1.36. The Morgan fingerprint density at radius 1 is 1.41 bits per heavy atom. The molecule has 0 aliphatic rings. The highest BCUT2D eigenvalue weighted by Gasteiger charge is 2.17. The van der Waals surface area contributed by atoms with Crippen LogP contribution in [0.1, 0.15) is 27.2 Å². The molecule has 2 aromatic rings. The van der Waals surface area contributed by atoms with Gasteiger partial charge in [0, 0.05) is 12.6 Å². The molecule has 5 nitrogen and oxygen atoms in total. The van der Waals surface area contributed by atoms with Gasteiger partial charge in [-0.15, -0.1) is 0 Å². The molecule has 2 rings (SSSR count). The predicted octanol–water partition coefficient (Wildman–Crippen LogP) is 2.63. The number of fused-ring (bicyclic) bond motifs is 1. The third-order valence-corrected chi connectivity index (χ3v) is 3.17. The first-order valence-electron chi connectivity index (χ1n) is 5.80. The van der Waals surface area contributed by atoms with E-state index in [1.165, 1.54) is 0 Å². The summed E-state index contributed by atoms with van der Waals surface area (Å²) in [4.78, 5) is 10.7. The molecule has 17 heavy (non-hydrogen) atoms. The highest BCUT2D eigenvalue weighted by Crippen LogP contribution is 2.25. The van der Waals surface area contributed by atoms with Crippen molar-refractivity contribution in [1.29, 1.82) is 0 Å². The first-order valence-corrected chi connectivity index (χ1v) is 6.18. The van der Waals surface area contributed by atoms with Gasteiger partial charge in [-0.25, -0.2) is 0 Å². The van der Waals surface area contributed by atoms with Gasteiger partial charge in [-0.2, -0.15) is 15.1 Å². The number of anilines is 1. The fraction of sp³-hybridized carbons (Fsp3) is 0.545. The van der Waals surface area contributed by atoms with Crippen molar-refractivity contribution in [2.75, 3.05) is 11.4 Å². The monoisotopic (exact) mass is 253 g/mol. The van der Waals surface area contributed by atoms with Crippen molar-refractivity contribution in [3.05, 3.63) is 11.5 Å². The minimum Gasteiger partial charge on any atom is -0.353 e. The third-order valence-electron chi connectivity index (χ3n) is 3.00. The minimum absolute atomic E-state index is 0.249. The highest BCUT2D eigenvalue weighted by atomic mass is 35.5. The molecule has 0 fully saturated rings. The molecule has 92 valence electrons. The maximum absolute atomic E-state index is 5.93. The second-order valence-corrected chi connectivity index (χ2v) is 4.33. The maximum Gasteiger partial charge on any atom is 0.226 e. The summed E-state index contributed by atoms with van der Waals surface area (Å²) in [7, 11) is 0. The van der Waals surface area contributed by atoms with Crippen LogP contribution < -0.4 is 4.90 Å². The molecule has 0 spiro atoms. The Morgan fingerprint density at radius 2 is 2.18 bits per heavy atom. The minimum atomic E-state index is 0.249. The number of H-pyrrole nitrogens is 1. The third kappa shape index (κ3) is 2.20. The predicted molar refractivity (Wildman–Crippen MR) is 69.5 cm³/mol. The quantitative estimate of drug-likeness (QED) is 0.851. The van der Waals surface area contributed by atoms with Crippen molar-refractivity contribution >= 4 is 28.5 Å². The lowest BCUT2D eigenvalue weighted by Crippen LogP contribution is -2.33. The van der Waals surface area contributed by atoms with Crippen LogP contribution in [0.4, 0.5) is 5.82 Å². The van der Waals surface area contributed by atoms with Gasteiger partial charge >= 0.3 is 0 Å². The molecule has 0 saturated heterocycles. The molecule has 0 bridgehead atoms. The van der Waals surface area contributed by atoms with E-state index in [-0.39, 0.29) is 5.28 Å². The summed E-state index contributed by atoms with van der Waals surface area (Å²) in [5.74, 6) is 0.852. The van der Waals surface area contributed by atoms with Crippen LogP contribution in [0, 0.1) is 0 Å². The zero-order valence-electron chi connectivity index (χ0n) is 10.2. The van der Waals surface area contributed by atoms with Crippen LogP contribution in [0.3, 0.4) is 0 Å². The molecule has 2 heterocycles. The first-order chi connectivity index (χ1) is 8.17. The summed E-state index contributed by atoms with van der Waals surface area (Å²) < 4.78 is 0. The average molecular weight is 254 g/mol. The van der Waals surface area contributed by atoms with E-state index in [9.17, 15) is 0 Å². The van der Waals surface area contributed by atoms with Gasteiger partial charge < -0.3 is 4.90 Å². The van der Waals surface area contributed by atoms with Gasteiger partial charge in [-0.05, 0) is 31.9 Å². The number of rotatable bonds is 4. The standard InChI is InChI=1S/C11H16ClN5/c1-4-7(3)17(5-2)10-8-6-13-16-9(8)14-11(12)15-10/h6-7H,4-5H2,1-3H3,(H,13,14,15,16). The van der Waals surface area contributed by atoms with Crippen molar-refractivity contribution in [3.63, 3.8) is 0 Å². The van der Waals surface area contributed by atoms with Crippen LogP contribution in [-0.2, 0) is 0 Å². The Morgan fingerprint density at radius 3 is 2.82 bits per heavy atom. The highest BCUT2D eigenvalue weighted by molar-refractivity contribution is 6.28. The zero-order valence-corrected chi connectivity index (χ0v) is 11.0. The van der Waals surface area contributed by atoms with Crippen LogP contribution in [0.2, 0.25) is 5.28 Å². The first kappa shape index (κ1) is 12.1. The van der Waals surface area contributed by atoms with Crippen LogP contribution in [0.15, 0.2) is 6.20 Å². The lowest BCUT2D eigenvalue weighted by atomic mass is 10.2. The van der Waals surface area contributed by atoms with E-state index in [4.69, 9.17) is 11.6 Å². The van der Waals surface area contributed by atoms with Gasteiger partial charge in [-0.1, -0.05) is 6.92 Å². The number of nitrogens with zero attached hydrogens (tertiary/aromatic N) is 4. The number of aromatic nitrogens is 4. The number of hydrogen-bond donors (Lipinski definition) is 1. The summed E-state index contributed by atoms with van der Waals surface area (Å²) in [5, 5.41) is 7.98. The number of hydrogen-bond acceptors (Lipinski definition) is 4. The van der Waals surface area contributed by atoms with Gasteiger partial charge in [-0.3, -0.25) is 5.10 Å². The molecule has 0 aliphatic carbocycles. The second-order valence-electron chi connectivity index (χ2n) is 3.99. The smallest absolute Gasteiger partial charge is 0.226 e. The Balaban J connectivity index is 2.55. The molecule has 1 atom stereocenters. The zero-order chi connectivity index (χ0) is 12.4. The van der Waals surface area contributed by atoms with E-state index in [2.05, 4.69) is 45.8 Å². The fourth-order valence-corrected chi connectivity index (χ4v) is 2.07. The van der Waals surface area contributed by atoms with E-state index < -0.39 is 0 Å². The molecule has 2 aromatic heterocycles. The molecule has 0 aliphatic heterocycles. The molecule has 0 saturated carbocycles. The summed E-state index contributed by atoms with van der Waals surface area (Å²) in [6.07, 6.45) is 2.79. The lowest BCUT2D eigenvalue weighted by Gasteiger charge is -2.28. The lowest BCUT2D eigenvalue weighted by molar-refractivity contribution is 0.625. The van der Waals surface area contributed by atoms with E-state index in [0.717, 1.165) is 24.2 Å². The largest absolute Gasteiger partial charge is 0.353 e. The van der Waals surface area contributed by atoms with Crippen molar-refractivity contribution in [1.82, 2.24) is 20.2 Å². The van der Waals surface area contributed by atoms with E-state index in [0.29, 0.717) is 11.7 Å². The van der Waals surface area contributed by atoms with E-state index in [1.54, 1.807) is 6.20 Å². The van der Waals surface area contributed by atoms with Gasteiger partial charge in [0.2, 0.25) is 5.28 Å². The number of halogens is 1. The number of nitrogens with one attached hydrogen (secondary N) is 1. The van der Waals surface area contributed by atoms with Crippen LogP contribution in [0.5, 0.6) is 0 Å². The average Bonchev–Trinajstić information content (AvgIpc) is 2.77. The Labute approximate surface area is 105 Å². The molecular weight excluding hydrogens is 238 g/mol. The topological polar surface area (TPSA) is 57.7 Å². The van der Waals surface area contributed by atoms with Crippen molar-refractivity contribution in [3.8, 4) is 0 Å². The SMILES string of the molecule is CCC(C)N(CC)c1nc(Cl)nc2[nH]ncc12. The molecular formula is C11H16ClN5. The van der Waals surface area contributed by atoms with Gasteiger partial charge in [0.25, 0.3) is 0 Å². The van der Waals surface area contributed by atoms with Gasteiger partial charge in [0.15, 0.2) is 5.65 Å². The van der Waals surface area contributed by atoms with Crippen LogP contribution in [0.25, 0.3) is 11.0 Å². The summed E-state index contributed by atoms with van der Waals surface area (Å²) in [6, 6.07) is 0.407. The van der Waals surface area contributed by atoms with Crippen LogP contribution >= 0.6 is 11.6 Å². The molecule has 6 heteroatoms. The molecule has 0 radical (unpaired) electrons. The van der Waals surface area contributed by atoms with Gasteiger partial charge in [0.1, 0.15) is 5.82 Å². The van der Waals surface area contributed by atoms with Crippen molar-refractivity contribution < 1.29 is 0 Å². The van der Waals surface area contributed by atoms with Gasteiger partial charge in [0.05, 0.1) is 11.6 Å². The molecule has 1 N–H and O–H groups in total. The fourth-order valence-electron chi connectivity index (χ4n) is 1.90. The second kappa shape index (κ2) is 4.87. The Bertz CT molecular complexity index is 510.